The molecule has 0 aliphatic carbocycles. The van der Waals surface area contributed by atoms with Gasteiger partial charge in [0.2, 0.25) is 17.7 Å². The zero-order valence-corrected chi connectivity index (χ0v) is 31.6. The van der Waals surface area contributed by atoms with E-state index in [1.54, 1.807) is 13.8 Å². The molecule has 11 atom stereocenters. The lowest BCUT2D eigenvalue weighted by atomic mass is 10.1. The van der Waals surface area contributed by atoms with Crippen LogP contribution in [0.15, 0.2) is 22.2 Å². The summed E-state index contributed by atoms with van der Waals surface area (Å²) in [4.78, 5) is 75.9. The van der Waals surface area contributed by atoms with Gasteiger partial charge < -0.3 is 55.7 Å². The first kappa shape index (κ1) is 42.0. The van der Waals surface area contributed by atoms with Gasteiger partial charge >= 0.3 is 29.1 Å². The predicted molar refractivity (Wildman–Crippen MR) is 179 cm³/mol. The number of aromatic amines is 2. The molecular weight excluding hydrogens is 825 g/mol. The molecule has 2 fully saturated rings. The molecule has 0 aromatic carbocycles. The topological polar surface area (TPSA) is 417 Å². The highest BCUT2D eigenvalue weighted by molar-refractivity contribution is 7.66. The Labute approximate surface area is 311 Å². The first-order valence-electron chi connectivity index (χ1n) is 15.9. The molecule has 0 saturated carbocycles. The van der Waals surface area contributed by atoms with Crippen molar-refractivity contribution in [2.24, 2.45) is 7.05 Å². The lowest BCUT2D eigenvalue weighted by Crippen LogP contribution is -2.46. The number of anilines is 2. The van der Waals surface area contributed by atoms with Crippen molar-refractivity contribution in [3.05, 3.63) is 33.4 Å². The maximum absolute atomic E-state index is 12.5. The predicted octanol–water partition coefficient (Wildman–Crippen LogP) is -3.18. The number of phosphoric ester groups is 1. The summed E-state index contributed by atoms with van der Waals surface area (Å²) < 4.78 is 75.2. The molecule has 4 aromatic rings. The summed E-state index contributed by atoms with van der Waals surface area (Å²) in [5, 5.41) is 32.2. The van der Waals surface area contributed by atoms with Crippen molar-refractivity contribution in [3.63, 3.8) is 0 Å². The Morgan fingerprint density at radius 2 is 1.57 bits per heavy atom. The Balaban J connectivity index is 1.04. The minimum atomic E-state index is -6.02. The number of aliphatic hydroxyl groups is 3. The molecule has 4 aromatic heterocycles. The van der Waals surface area contributed by atoms with Crippen molar-refractivity contribution >= 4 is 57.7 Å². The molecule has 310 valence electrons. The van der Waals surface area contributed by atoms with E-state index >= 15 is 0 Å². The van der Waals surface area contributed by atoms with Crippen LogP contribution in [0, 0.1) is 0 Å². The summed E-state index contributed by atoms with van der Waals surface area (Å²) in [6.07, 6.45) is -10.0. The van der Waals surface area contributed by atoms with Crippen LogP contribution < -0.4 is 27.2 Å². The van der Waals surface area contributed by atoms with Crippen LogP contribution in [0.3, 0.4) is 0 Å². The van der Waals surface area contributed by atoms with Gasteiger partial charge in [-0.05, 0) is 13.8 Å². The molecule has 0 spiro atoms. The summed E-state index contributed by atoms with van der Waals surface area (Å²) >= 11 is 0. The van der Waals surface area contributed by atoms with Gasteiger partial charge in [-0.15, -0.1) is 4.67 Å². The fraction of sp³-hybridized carbons (Fsp3) is 0.583. The molecule has 29 nitrogen and oxygen atoms in total. The summed E-state index contributed by atoms with van der Waals surface area (Å²) in [6, 6.07) is 0. The summed E-state index contributed by atoms with van der Waals surface area (Å²) in [6.45, 7) is 1.35. The number of aromatic nitrogens is 8. The van der Waals surface area contributed by atoms with E-state index in [-0.39, 0.29) is 34.2 Å². The van der Waals surface area contributed by atoms with Crippen molar-refractivity contribution in [2.45, 2.75) is 69.0 Å². The van der Waals surface area contributed by atoms with Gasteiger partial charge in [-0.25, -0.2) is 28.1 Å². The van der Waals surface area contributed by atoms with Crippen LogP contribution in [0.4, 0.5) is 11.9 Å². The summed E-state index contributed by atoms with van der Waals surface area (Å²) in [5.41, 5.74) is 9.69. The van der Waals surface area contributed by atoms with Crippen LogP contribution in [-0.2, 0) is 57.7 Å². The third-order valence-corrected chi connectivity index (χ3v) is 12.1. The number of hydrogen-bond acceptors (Lipinski definition) is 21. The molecular formula is C24H36N10O19P3+. The zero-order valence-electron chi connectivity index (χ0n) is 28.9. The number of aliphatic hydroxyl groups excluding tert-OH is 3. The lowest BCUT2D eigenvalue weighted by molar-refractivity contribution is -0.745. The normalized spacial score (nSPS) is 28.9. The van der Waals surface area contributed by atoms with Gasteiger partial charge in [0.25, 0.3) is 17.1 Å². The minimum absolute atomic E-state index is 0.0126. The molecule has 2 aliphatic heterocycles. The Bertz CT molecular complexity index is 2370. The van der Waals surface area contributed by atoms with Crippen molar-refractivity contribution < 1.29 is 85.2 Å². The second kappa shape index (κ2) is 15.6. The summed E-state index contributed by atoms with van der Waals surface area (Å²) in [5.74, 6) is -0.537. The van der Waals surface area contributed by atoms with E-state index in [9.17, 15) is 53.3 Å². The van der Waals surface area contributed by atoms with Crippen LogP contribution >= 0.6 is 23.5 Å². The highest BCUT2D eigenvalue weighted by Crippen LogP contribution is 2.67. The molecule has 5 unspecified atom stereocenters. The largest absolute Gasteiger partial charge is 0.508 e. The highest BCUT2D eigenvalue weighted by Gasteiger charge is 2.50. The quantitative estimate of drug-likeness (QED) is 0.0244. The molecule has 6 rings (SSSR count). The SMILES string of the molecule is CC(C)O[C@@H]1C(O)[C@H](n2cnc3c(=O)[nH]c(N)nc32)O[C@@H]1COOP(=O)(O)OP(=O)(O)OP(=O)(O)OC[C@H]1O[C@@H]([n+]2cn(C)c3c(=O)[nH]c(N)nc32)[C@@H](O)C1O. The van der Waals surface area contributed by atoms with Crippen molar-refractivity contribution in [1.82, 2.24) is 34.1 Å². The van der Waals surface area contributed by atoms with Gasteiger partial charge in [-0.1, -0.05) is 4.98 Å². The number of nitrogens with one attached hydrogen (secondary N) is 2. The molecule has 0 bridgehead atoms. The zero-order chi connectivity index (χ0) is 41.1. The maximum Gasteiger partial charge on any atom is 0.508 e. The van der Waals surface area contributed by atoms with Crippen LogP contribution in [0.5, 0.6) is 0 Å². The Morgan fingerprint density at radius 3 is 2.27 bits per heavy atom. The van der Waals surface area contributed by atoms with E-state index in [0.29, 0.717) is 0 Å². The van der Waals surface area contributed by atoms with Gasteiger partial charge in [0.15, 0.2) is 23.7 Å². The van der Waals surface area contributed by atoms with Gasteiger partial charge in [0.05, 0.1) is 26.1 Å². The van der Waals surface area contributed by atoms with E-state index in [1.165, 1.54) is 22.5 Å². The van der Waals surface area contributed by atoms with Crippen LogP contribution in [0.2, 0.25) is 0 Å². The fourth-order valence-corrected chi connectivity index (χ4v) is 9.19. The highest BCUT2D eigenvalue weighted by atomic mass is 31.3. The number of nitrogens with zero attached hydrogens (tertiary/aromatic N) is 6. The monoisotopic (exact) mass is 861 g/mol. The number of nitrogen functional groups attached to an aromatic ring is 2. The minimum Gasteiger partial charge on any atom is -0.387 e. The Hall–Kier alpha value is -3.57. The van der Waals surface area contributed by atoms with Crippen LogP contribution in [0.25, 0.3) is 22.3 Å². The van der Waals surface area contributed by atoms with E-state index in [0.717, 1.165) is 10.9 Å². The second-order valence-corrected chi connectivity index (χ2v) is 17.0. The third-order valence-electron chi connectivity index (χ3n) is 8.06. The third kappa shape index (κ3) is 8.79. The molecule has 56 heavy (non-hydrogen) atoms. The van der Waals surface area contributed by atoms with Gasteiger partial charge in [-0.2, -0.15) is 13.6 Å². The Morgan fingerprint density at radius 1 is 0.911 bits per heavy atom. The smallest absolute Gasteiger partial charge is 0.387 e. The lowest BCUT2D eigenvalue weighted by Gasteiger charge is -2.23. The van der Waals surface area contributed by atoms with Crippen molar-refractivity contribution in [3.8, 4) is 0 Å². The first-order valence-corrected chi connectivity index (χ1v) is 20.4. The van der Waals surface area contributed by atoms with Crippen LogP contribution in [-0.4, -0.2) is 120 Å². The number of imidazole rings is 2. The number of nitrogens with two attached hydrogens (primary N) is 2. The molecule has 6 heterocycles. The number of fused-ring (bicyclic) bond motifs is 2. The number of H-pyrrole nitrogens is 2. The number of aryl methyl sites for hydroxylation is 1. The second-order valence-electron chi connectivity index (χ2n) is 12.5. The average molecular weight is 862 g/mol. The van der Waals surface area contributed by atoms with E-state index < -0.39 is 103 Å². The molecule has 12 N–H and O–H groups in total. The molecule has 0 amide bonds. The molecule has 2 saturated heterocycles. The van der Waals surface area contributed by atoms with E-state index in [1.807, 2.05) is 0 Å². The standard InChI is InChI=1S/C24H35N10O19P3/c1-8(2)48-16-10(50-22(15(16)37)33-6-27-11-17(33)28-23(25)30-19(11)38)4-46-51-55(42,43)53-56(44,45)52-54(40,41)47-5-9-13(35)14(36)21(49-9)34-7-32(3)12-18(34)29-24(26)31-20(12)39/h6-10,13-16,21-22,35-37H,4-5H2,1-3H3,(H8-,25,26,28,29,30,31,38,39,40,41,42,43,44,45)/p+1/t9-,10-,13?,14+,15?,16+,21-,22-/m1/s1. The van der Waals surface area contributed by atoms with Crippen molar-refractivity contribution in [1.29, 1.82) is 0 Å². The van der Waals surface area contributed by atoms with Crippen LogP contribution in [0.1, 0.15) is 26.3 Å². The van der Waals surface area contributed by atoms with Gasteiger partial charge in [0, 0.05) is 0 Å². The molecule has 0 radical (unpaired) electrons. The summed E-state index contributed by atoms with van der Waals surface area (Å²) in [7, 11) is -16.0. The number of phosphoric acid groups is 3. The number of ether oxygens (including phenoxy) is 3. The molecule has 32 heteroatoms. The van der Waals surface area contributed by atoms with E-state index in [2.05, 4.69) is 42.7 Å². The first-order chi connectivity index (χ1) is 26.1. The fourth-order valence-electron chi connectivity index (χ4n) is 5.89. The Kier molecular flexibility index (Phi) is 11.7. The van der Waals surface area contributed by atoms with Gasteiger partial charge in [-0.3, -0.25) is 33.2 Å². The number of rotatable bonds is 15. The van der Waals surface area contributed by atoms with E-state index in [4.69, 9.17) is 30.6 Å². The molecule has 2 aliphatic rings. The maximum atomic E-state index is 12.5. The number of hydrogen-bond donors (Lipinski definition) is 10. The van der Waals surface area contributed by atoms with Crippen molar-refractivity contribution in [2.75, 3.05) is 24.7 Å². The average Bonchev–Trinajstić information content (AvgIpc) is 3.78. The van der Waals surface area contributed by atoms with Gasteiger partial charge in [0.1, 0.15) is 43.2 Å².